The Hall–Kier alpha value is -2.22. The molecule has 1 aliphatic rings. The predicted molar refractivity (Wildman–Crippen MR) is 108 cm³/mol. The summed E-state index contributed by atoms with van der Waals surface area (Å²) in [6, 6.07) is 27.8. The van der Waals surface area contributed by atoms with E-state index >= 15 is 0 Å². The first-order valence-electron chi connectivity index (χ1n) is 8.16. The van der Waals surface area contributed by atoms with E-state index in [0.717, 1.165) is 31.5 Å². The van der Waals surface area contributed by atoms with E-state index in [4.69, 9.17) is 0 Å². The van der Waals surface area contributed by atoms with Crippen molar-refractivity contribution in [2.45, 2.75) is 11.8 Å². The molecule has 3 aromatic carbocycles. The van der Waals surface area contributed by atoms with E-state index in [1.165, 1.54) is 0 Å². The van der Waals surface area contributed by atoms with Gasteiger partial charge in [0.15, 0.2) is 7.14 Å². The van der Waals surface area contributed by atoms with Crippen LogP contribution in [0, 0.1) is 0 Å². The molecule has 0 bridgehead atoms. The lowest BCUT2D eigenvalue weighted by Crippen LogP contribution is -2.19. The Balaban J connectivity index is 1.93. The molecule has 4 rings (SSSR count). The van der Waals surface area contributed by atoms with Crippen LogP contribution in [0.2, 0.25) is 0 Å². The summed E-state index contributed by atoms with van der Waals surface area (Å²) in [5, 5.41) is 5.17. The first-order valence-corrected chi connectivity index (χ1v) is 10.7. The van der Waals surface area contributed by atoms with Gasteiger partial charge in [-0.25, -0.2) is 0 Å². The molecule has 1 N–H and O–H groups in total. The SMILES string of the molecule is CC1=C(P(=O)(c2ccccc2)c2ccccc2)Sc2ccccc2N1. The van der Waals surface area contributed by atoms with Gasteiger partial charge in [-0.3, -0.25) is 0 Å². The summed E-state index contributed by atoms with van der Waals surface area (Å²) in [5.41, 5.74) is 2.03. The van der Waals surface area contributed by atoms with Gasteiger partial charge < -0.3 is 9.88 Å². The topological polar surface area (TPSA) is 29.1 Å². The van der Waals surface area contributed by atoms with Gasteiger partial charge in [0.1, 0.15) is 0 Å². The van der Waals surface area contributed by atoms with E-state index < -0.39 is 7.14 Å². The van der Waals surface area contributed by atoms with E-state index in [9.17, 15) is 4.57 Å². The van der Waals surface area contributed by atoms with Crippen LogP contribution >= 0.6 is 18.9 Å². The number of hydrogen-bond acceptors (Lipinski definition) is 3. The molecule has 0 amide bonds. The number of anilines is 1. The summed E-state index contributed by atoms with van der Waals surface area (Å²) in [5.74, 6) is 0. The minimum absolute atomic E-state index is 0.865. The molecule has 0 unspecified atom stereocenters. The fourth-order valence-corrected chi connectivity index (χ4v) is 7.76. The third-order valence-electron chi connectivity index (χ3n) is 4.26. The zero-order chi connectivity index (χ0) is 17.3. The lowest BCUT2D eigenvalue weighted by molar-refractivity contribution is 0.591. The van der Waals surface area contributed by atoms with Crippen LogP contribution in [-0.4, -0.2) is 0 Å². The Kier molecular flexibility index (Phi) is 4.29. The van der Waals surface area contributed by atoms with E-state index in [1.807, 2.05) is 79.7 Å². The van der Waals surface area contributed by atoms with E-state index in [2.05, 4.69) is 17.4 Å². The number of rotatable bonds is 3. The molecule has 25 heavy (non-hydrogen) atoms. The highest BCUT2D eigenvalue weighted by atomic mass is 32.2. The van der Waals surface area contributed by atoms with Crippen LogP contribution in [0.5, 0.6) is 0 Å². The molecule has 0 saturated carbocycles. The molecular weight excluding hydrogens is 345 g/mol. The second-order valence-corrected chi connectivity index (χ2v) is 9.99. The summed E-state index contributed by atoms with van der Waals surface area (Å²) >= 11 is 1.62. The Morgan fingerprint density at radius 1 is 0.760 bits per heavy atom. The average Bonchev–Trinajstić information content (AvgIpc) is 2.68. The number of allylic oxidation sites excluding steroid dienone is 1. The molecule has 0 fully saturated rings. The summed E-state index contributed by atoms with van der Waals surface area (Å²) in [6.45, 7) is 2.01. The Morgan fingerprint density at radius 2 is 1.28 bits per heavy atom. The van der Waals surface area contributed by atoms with Gasteiger partial charge in [-0.05, 0) is 19.1 Å². The molecule has 0 radical (unpaired) electrons. The van der Waals surface area contributed by atoms with Crippen LogP contribution in [0.4, 0.5) is 5.69 Å². The second-order valence-electron chi connectivity index (χ2n) is 5.93. The van der Waals surface area contributed by atoms with Gasteiger partial charge >= 0.3 is 0 Å². The monoisotopic (exact) mass is 363 g/mol. The minimum atomic E-state index is -2.93. The number of hydrogen-bond donors (Lipinski definition) is 1. The van der Waals surface area contributed by atoms with Crippen LogP contribution in [0.1, 0.15) is 6.92 Å². The van der Waals surface area contributed by atoms with Gasteiger partial charge in [0.05, 0.1) is 10.3 Å². The van der Waals surface area contributed by atoms with Crippen molar-refractivity contribution in [3.05, 3.63) is 95.3 Å². The van der Waals surface area contributed by atoms with Crippen molar-refractivity contribution in [1.29, 1.82) is 0 Å². The highest BCUT2D eigenvalue weighted by Gasteiger charge is 2.36. The molecule has 2 nitrogen and oxygen atoms in total. The highest BCUT2D eigenvalue weighted by Crippen LogP contribution is 2.61. The average molecular weight is 363 g/mol. The maximum Gasteiger partial charge on any atom is 0.179 e. The van der Waals surface area contributed by atoms with Crippen molar-refractivity contribution in [3.8, 4) is 0 Å². The molecule has 3 aromatic rings. The molecule has 0 spiro atoms. The molecule has 0 aliphatic carbocycles. The van der Waals surface area contributed by atoms with Crippen molar-refractivity contribution < 1.29 is 4.57 Å². The number of para-hydroxylation sites is 1. The maximum atomic E-state index is 14.5. The van der Waals surface area contributed by atoms with Crippen LogP contribution in [0.15, 0.2) is 100 Å². The number of benzene rings is 3. The van der Waals surface area contributed by atoms with Crippen LogP contribution in [-0.2, 0) is 4.57 Å². The molecule has 0 atom stereocenters. The van der Waals surface area contributed by atoms with Crippen LogP contribution in [0.25, 0.3) is 0 Å². The van der Waals surface area contributed by atoms with Gasteiger partial charge in [-0.1, -0.05) is 84.6 Å². The zero-order valence-corrected chi connectivity index (χ0v) is 15.6. The zero-order valence-electron chi connectivity index (χ0n) is 13.8. The lowest BCUT2D eigenvalue weighted by Gasteiger charge is -2.28. The lowest BCUT2D eigenvalue weighted by atomic mass is 10.3. The standard InChI is InChI=1S/C21H18NOPS/c1-16-21(25-20-15-9-8-14-19(20)22-16)24(23,17-10-4-2-5-11-17)18-12-6-3-7-13-18/h2-15,22H,1H3. The molecule has 0 aromatic heterocycles. The van der Waals surface area contributed by atoms with E-state index in [-0.39, 0.29) is 0 Å². The van der Waals surface area contributed by atoms with E-state index in [1.54, 1.807) is 11.8 Å². The van der Waals surface area contributed by atoms with Crippen LogP contribution < -0.4 is 15.9 Å². The maximum absolute atomic E-state index is 14.5. The first kappa shape index (κ1) is 16.3. The number of thioether (sulfide) groups is 1. The molecule has 1 heterocycles. The fourth-order valence-electron chi connectivity index (χ4n) is 3.05. The summed E-state index contributed by atoms with van der Waals surface area (Å²) in [7, 11) is -2.93. The van der Waals surface area contributed by atoms with Crippen molar-refractivity contribution in [2.24, 2.45) is 0 Å². The summed E-state index contributed by atoms with van der Waals surface area (Å²) in [4.78, 5) is 1.11. The Morgan fingerprint density at radius 3 is 1.88 bits per heavy atom. The quantitative estimate of drug-likeness (QED) is 0.631. The fraction of sp³-hybridized carbons (Fsp3) is 0.0476. The van der Waals surface area contributed by atoms with Crippen molar-refractivity contribution >= 4 is 35.2 Å². The summed E-state index contributed by atoms with van der Waals surface area (Å²) < 4.78 is 15.4. The van der Waals surface area contributed by atoms with Gasteiger partial charge in [0.25, 0.3) is 0 Å². The van der Waals surface area contributed by atoms with E-state index in [0.29, 0.717) is 0 Å². The molecule has 0 saturated heterocycles. The largest absolute Gasteiger partial charge is 0.357 e. The molecule has 124 valence electrons. The second kappa shape index (κ2) is 6.59. The van der Waals surface area contributed by atoms with Crippen molar-refractivity contribution in [2.75, 3.05) is 5.32 Å². The third-order valence-corrected chi connectivity index (χ3v) is 9.34. The third kappa shape index (κ3) is 2.84. The van der Waals surface area contributed by atoms with Crippen molar-refractivity contribution in [1.82, 2.24) is 0 Å². The minimum Gasteiger partial charge on any atom is -0.357 e. The van der Waals surface area contributed by atoms with Gasteiger partial charge in [-0.15, -0.1) is 0 Å². The predicted octanol–water partition coefficient (Wildman–Crippen LogP) is 5.41. The van der Waals surface area contributed by atoms with Gasteiger partial charge in [0, 0.05) is 21.2 Å². The number of fused-ring (bicyclic) bond motifs is 1. The Bertz CT molecular complexity index is 940. The van der Waals surface area contributed by atoms with Gasteiger partial charge in [0.2, 0.25) is 0 Å². The highest BCUT2D eigenvalue weighted by molar-refractivity contribution is 8.14. The summed E-state index contributed by atoms with van der Waals surface area (Å²) in [6.07, 6.45) is 0. The molecule has 1 aliphatic heterocycles. The normalized spacial score (nSPS) is 14.0. The van der Waals surface area contributed by atoms with Gasteiger partial charge in [-0.2, -0.15) is 0 Å². The molecular formula is C21H18NOPS. The van der Waals surface area contributed by atoms with Crippen molar-refractivity contribution in [3.63, 3.8) is 0 Å². The number of nitrogens with one attached hydrogen (secondary N) is 1. The van der Waals surface area contributed by atoms with Crippen LogP contribution in [0.3, 0.4) is 0 Å². The smallest absolute Gasteiger partial charge is 0.179 e. The first-order chi connectivity index (χ1) is 12.2. The molecule has 4 heteroatoms. The Labute approximate surface area is 152 Å².